The number of imidazole rings is 1. The Hall–Kier alpha value is -2.14. The van der Waals surface area contributed by atoms with E-state index in [1.54, 1.807) is 13.4 Å². The van der Waals surface area contributed by atoms with Crippen LogP contribution in [-0.2, 0) is 0 Å². The minimum absolute atomic E-state index is 0.383. The van der Waals surface area contributed by atoms with Gasteiger partial charge in [-0.25, -0.2) is 4.98 Å². The maximum Gasteiger partial charge on any atom is 0.200 e. The lowest BCUT2D eigenvalue weighted by Crippen LogP contribution is -2.15. The number of halogens is 1. The zero-order chi connectivity index (χ0) is 18.3. The lowest BCUT2D eigenvalue weighted by molar-refractivity contribution is 0.397. The molecule has 136 valence electrons. The Morgan fingerprint density at radius 3 is 2.77 bits per heavy atom. The first-order chi connectivity index (χ1) is 12.6. The molecule has 2 heterocycles. The average molecular weight is 371 g/mol. The molecular weight excluding hydrogens is 348 g/mol. The Bertz CT molecular complexity index is 935. The topological polar surface area (TPSA) is 63.7 Å². The third kappa shape index (κ3) is 2.94. The van der Waals surface area contributed by atoms with Crippen molar-refractivity contribution < 1.29 is 4.74 Å². The summed E-state index contributed by atoms with van der Waals surface area (Å²) in [6.07, 6.45) is 5.29. The molecule has 1 N–H and O–H groups in total. The minimum Gasteiger partial charge on any atom is -0.497 e. The van der Waals surface area contributed by atoms with Crippen molar-refractivity contribution in [2.45, 2.75) is 39.0 Å². The van der Waals surface area contributed by atoms with Gasteiger partial charge in [0.1, 0.15) is 5.75 Å². The van der Waals surface area contributed by atoms with E-state index in [0.29, 0.717) is 28.4 Å². The number of H-pyrrole nitrogens is 1. The monoisotopic (exact) mass is 370 g/mol. The summed E-state index contributed by atoms with van der Waals surface area (Å²) in [4.78, 5) is 7.55. The summed E-state index contributed by atoms with van der Waals surface area (Å²) in [5.74, 6) is 2.33. The van der Waals surface area contributed by atoms with Crippen molar-refractivity contribution >= 4 is 22.8 Å². The number of hydrogen-bond acceptors (Lipinski definition) is 4. The first-order valence-electron chi connectivity index (χ1n) is 9.17. The van der Waals surface area contributed by atoms with E-state index in [-0.39, 0.29) is 0 Å². The normalized spacial score (nSPS) is 16.6. The molecule has 1 aliphatic rings. The summed E-state index contributed by atoms with van der Waals surface area (Å²) in [6.45, 7) is 4.55. The van der Waals surface area contributed by atoms with Gasteiger partial charge in [-0.2, -0.15) is 5.10 Å². The van der Waals surface area contributed by atoms with Crippen molar-refractivity contribution in [3.63, 3.8) is 0 Å². The third-order valence-corrected chi connectivity index (χ3v) is 5.84. The van der Waals surface area contributed by atoms with Gasteiger partial charge in [-0.05, 0) is 42.9 Å². The molecule has 2 atom stereocenters. The number of fused-ring (bicyclic) bond motifs is 1. The smallest absolute Gasteiger partial charge is 0.200 e. The van der Waals surface area contributed by atoms with Crippen LogP contribution in [0.5, 0.6) is 5.75 Å². The number of methoxy groups -OCH3 is 1. The predicted molar refractivity (Wildman–Crippen MR) is 104 cm³/mol. The van der Waals surface area contributed by atoms with Crippen molar-refractivity contribution in [1.82, 2.24) is 20.2 Å². The van der Waals surface area contributed by atoms with Crippen LogP contribution in [0.1, 0.15) is 44.7 Å². The average Bonchev–Trinajstić information content (AvgIpc) is 3.37. The highest BCUT2D eigenvalue weighted by atomic mass is 35.5. The van der Waals surface area contributed by atoms with Gasteiger partial charge in [-0.1, -0.05) is 31.9 Å². The highest BCUT2D eigenvalue weighted by molar-refractivity contribution is 6.33. The second kappa shape index (κ2) is 6.88. The molecule has 2 unspecified atom stereocenters. The molecule has 0 spiro atoms. The van der Waals surface area contributed by atoms with E-state index in [1.165, 1.54) is 12.8 Å². The number of hydrogen-bond donors (Lipinski definition) is 1. The Morgan fingerprint density at radius 1 is 1.31 bits per heavy atom. The molecule has 0 amide bonds. The van der Waals surface area contributed by atoms with Gasteiger partial charge in [0.05, 0.1) is 29.7 Å². The van der Waals surface area contributed by atoms with E-state index >= 15 is 0 Å². The summed E-state index contributed by atoms with van der Waals surface area (Å²) in [6, 6.07) is 5.78. The van der Waals surface area contributed by atoms with Gasteiger partial charge in [-0.15, -0.1) is 5.10 Å². The van der Waals surface area contributed by atoms with Crippen molar-refractivity contribution in [1.29, 1.82) is 0 Å². The first kappa shape index (κ1) is 17.3. The van der Waals surface area contributed by atoms with E-state index in [0.717, 1.165) is 34.5 Å². The Balaban J connectivity index is 1.96. The second-order valence-corrected chi connectivity index (χ2v) is 7.56. The summed E-state index contributed by atoms with van der Waals surface area (Å²) in [5.41, 5.74) is 4.52. The maximum absolute atomic E-state index is 6.63. The maximum atomic E-state index is 6.63. The molecule has 0 saturated heterocycles. The molecule has 5 nitrogen and oxygen atoms in total. The van der Waals surface area contributed by atoms with Crippen molar-refractivity contribution in [2.24, 2.45) is 11.8 Å². The van der Waals surface area contributed by atoms with Gasteiger partial charge in [-0.3, -0.25) is 0 Å². The number of rotatable bonds is 6. The van der Waals surface area contributed by atoms with Crippen LogP contribution in [0.4, 0.5) is 0 Å². The van der Waals surface area contributed by atoms with Crippen molar-refractivity contribution in [3.8, 4) is 16.9 Å². The van der Waals surface area contributed by atoms with Gasteiger partial charge in [0.15, 0.2) is 5.65 Å². The summed E-state index contributed by atoms with van der Waals surface area (Å²) in [7, 11) is 1.64. The van der Waals surface area contributed by atoms with Crippen LogP contribution in [0.2, 0.25) is 5.02 Å². The molecule has 2 aromatic heterocycles. The number of ether oxygens (including phenoxy) is 1. The fourth-order valence-electron chi connectivity index (χ4n) is 3.82. The van der Waals surface area contributed by atoms with Gasteiger partial charge in [0.2, 0.25) is 0 Å². The molecule has 0 radical (unpaired) electrons. The minimum atomic E-state index is 0.383. The van der Waals surface area contributed by atoms with E-state index in [1.807, 2.05) is 18.2 Å². The van der Waals surface area contributed by atoms with E-state index < -0.39 is 0 Å². The van der Waals surface area contributed by atoms with Crippen LogP contribution in [0.3, 0.4) is 0 Å². The molecule has 4 rings (SSSR count). The summed E-state index contributed by atoms with van der Waals surface area (Å²) < 4.78 is 5.31. The van der Waals surface area contributed by atoms with E-state index in [9.17, 15) is 0 Å². The molecule has 0 aliphatic heterocycles. The van der Waals surface area contributed by atoms with Crippen LogP contribution in [0.25, 0.3) is 22.3 Å². The summed E-state index contributed by atoms with van der Waals surface area (Å²) >= 11 is 6.63. The van der Waals surface area contributed by atoms with E-state index in [4.69, 9.17) is 16.3 Å². The SMILES string of the molecule is CCC(C)C(c1nnc2nc[nH]c2c1-c1ccc(OC)cc1Cl)C1CC1. The molecule has 1 aromatic carbocycles. The van der Waals surface area contributed by atoms with Crippen LogP contribution >= 0.6 is 11.6 Å². The fraction of sp³-hybridized carbons (Fsp3) is 0.450. The Morgan fingerprint density at radius 2 is 2.12 bits per heavy atom. The lowest BCUT2D eigenvalue weighted by atomic mass is 9.81. The molecule has 26 heavy (non-hydrogen) atoms. The number of nitrogens with one attached hydrogen (secondary N) is 1. The molecule has 1 fully saturated rings. The van der Waals surface area contributed by atoms with Crippen molar-refractivity contribution in [2.75, 3.05) is 7.11 Å². The highest BCUT2D eigenvalue weighted by Crippen LogP contribution is 2.50. The van der Waals surface area contributed by atoms with Crippen LogP contribution in [0, 0.1) is 11.8 Å². The zero-order valence-corrected chi connectivity index (χ0v) is 16.0. The Kier molecular flexibility index (Phi) is 4.57. The number of aromatic amines is 1. The molecule has 3 aromatic rings. The van der Waals surface area contributed by atoms with Crippen LogP contribution in [-0.4, -0.2) is 27.3 Å². The quantitative estimate of drug-likeness (QED) is 0.645. The fourth-order valence-corrected chi connectivity index (χ4v) is 4.09. The number of nitrogens with zero attached hydrogens (tertiary/aromatic N) is 3. The Labute approximate surface area is 158 Å². The third-order valence-electron chi connectivity index (χ3n) is 5.53. The number of aromatic nitrogens is 4. The first-order valence-corrected chi connectivity index (χ1v) is 9.55. The van der Waals surface area contributed by atoms with Crippen LogP contribution in [0.15, 0.2) is 24.5 Å². The van der Waals surface area contributed by atoms with Crippen LogP contribution < -0.4 is 4.74 Å². The number of benzene rings is 1. The second-order valence-electron chi connectivity index (χ2n) is 7.16. The van der Waals surface area contributed by atoms with Crippen molar-refractivity contribution in [3.05, 3.63) is 35.2 Å². The molecule has 1 saturated carbocycles. The van der Waals surface area contributed by atoms with Gasteiger partial charge in [0.25, 0.3) is 0 Å². The van der Waals surface area contributed by atoms with Gasteiger partial charge < -0.3 is 9.72 Å². The standard InChI is InChI=1S/C20H23ClN4O/c1-4-11(2)16(12-5-6-12)18-17(19-20(25-24-18)23-10-22-19)14-8-7-13(26-3)9-15(14)21/h7-12,16H,4-6H2,1-3H3,(H,22,23,25). The highest BCUT2D eigenvalue weighted by Gasteiger charge is 2.38. The summed E-state index contributed by atoms with van der Waals surface area (Å²) in [5, 5.41) is 9.67. The molecule has 6 heteroatoms. The molecule has 1 aliphatic carbocycles. The van der Waals surface area contributed by atoms with Gasteiger partial charge in [0, 0.05) is 17.0 Å². The van der Waals surface area contributed by atoms with Gasteiger partial charge >= 0.3 is 0 Å². The van der Waals surface area contributed by atoms with E-state index in [2.05, 4.69) is 34.0 Å². The zero-order valence-electron chi connectivity index (χ0n) is 15.3. The largest absolute Gasteiger partial charge is 0.497 e. The predicted octanol–water partition coefficient (Wildman–Crippen LogP) is 5.22. The molecule has 0 bridgehead atoms. The lowest BCUT2D eigenvalue weighted by Gasteiger charge is -2.24. The molecular formula is C20H23ClN4O.